The lowest BCUT2D eigenvalue weighted by molar-refractivity contribution is -0.141. The van der Waals surface area contributed by atoms with Crippen molar-refractivity contribution in [3.8, 4) is 0 Å². The second kappa shape index (κ2) is 11.1. The summed E-state index contributed by atoms with van der Waals surface area (Å²) < 4.78 is 5.77. The van der Waals surface area contributed by atoms with Crippen LogP contribution in [0.5, 0.6) is 0 Å². The van der Waals surface area contributed by atoms with Crippen LogP contribution in [0, 0.1) is 19.8 Å². The van der Waals surface area contributed by atoms with Gasteiger partial charge in [-0.25, -0.2) is 0 Å². The SMILES string of the molecule is Cc1cccc(NC(=O)CN(CC2CCCO2)C(=O)C2CCN(C(=O)c3cccs3)CC2)c1C. The largest absolute Gasteiger partial charge is 0.376 e. The van der Waals surface area contributed by atoms with Crippen LogP contribution in [-0.2, 0) is 14.3 Å². The summed E-state index contributed by atoms with van der Waals surface area (Å²) in [5.74, 6) is -0.382. The number of hydrogen-bond acceptors (Lipinski definition) is 5. The lowest BCUT2D eigenvalue weighted by Crippen LogP contribution is -2.48. The first-order valence-electron chi connectivity index (χ1n) is 12.0. The number of nitrogens with one attached hydrogen (secondary N) is 1. The lowest BCUT2D eigenvalue weighted by Gasteiger charge is -2.34. The van der Waals surface area contributed by atoms with Crippen molar-refractivity contribution in [3.63, 3.8) is 0 Å². The van der Waals surface area contributed by atoms with Gasteiger partial charge in [0.25, 0.3) is 5.91 Å². The van der Waals surface area contributed by atoms with Crippen LogP contribution in [0.4, 0.5) is 5.69 Å². The van der Waals surface area contributed by atoms with Crippen molar-refractivity contribution in [2.24, 2.45) is 5.92 Å². The molecule has 1 unspecified atom stereocenters. The highest BCUT2D eigenvalue weighted by atomic mass is 32.1. The Labute approximate surface area is 205 Å². The summed E-state index contributed by atoms with van der Waals surface area (Å²) in [6, 6.07) is 9.52. The van der Waals surface area contributed by atoms with Crippen LogP contribution in [0.1, 0.15) is 46.5 Å². The van der Waals surface area contributed by atoms with E-state index in [1.807, 2.05) is 54.5 Å². The van der Waals surface area contributed by atoms with E-state index in [1.165, 1.54) is 11.3 Å². The first-order chi connectivity index (χ1) is 16.4. The predicted octanol–water partition coefficient (Wildman–Crippen LogP) is 3.86. The van der Waals surface area contributed by atoms with Crippen molar-refractivity contribution in [1.29, 1.82) is 0 Å². The number of anilines is 1. The van der Waals surface area contributed by atoms with Crippen molar-refractivity contribution in [2.75, 3.05) is 38.1 Å². The first kappa shape index (κ1) is 24.4. The first-order valence-corrected chi connectivity index (χ1v) is 12.9. The molecule has 0 radical (unpaired) electrons. The molecule has 182 valence electrons. The van der Waals surface area contributed by atoms with E-state index in [9.17, 15) is 14.4 Å². The number of aryl methyl sites for hydroxylation is 1. The summed E-state index contributed by atoms with van der Waals surface area (Å²) in [7, 11) is 0. The molecule has 2 fully saturated rings. The molecule has 0 saturated carbocycles. The standard InChI is InChI=1S/C26H33N3O4S/c1-18-6-3-8-22(19(18)2)27-24(30)17-29(16-21-7-4-14-33-21)25(31)20-10-12-28(13-11-20)26(32)23-9-5-15-34-23/h3,5-6,8-9,15,20-21H,4,7,10-14,16-17H2,1-2H3,(H,27,30). The monoisotopic (exact) mass is 483 g/mol. The zero-order valence-electron chi connectivity index (χ0n) is 19.9. The second-order valence-electron chi connectivity index (χ2n) is 9.19. The number of carbonyl (C=O) groups excluding carboxylic acids is 3. The van der Waals surface area contributed by atoms with Gasteiger partial charge in [-0.3, -0.25) is 14.4 Å². The fourth-order valence-corrected chi connectivity index (χ4v) is 5.35. The van der Waals surface area contributed by atoms with Gasteiger partial charge in [-0.15, -0.1) is 11.3 Å². The molecule has 34 heavy (non-hydrogen) atoms. The topological polar surface area (TPSA) is 79.0 Å². The maximum absolute atomic E-state index is 13.5. The molecule has 3 amide bonds. The zero-order chi connectivity index (χ0) is 24.1. The van der Waals surface area contributed by atoms with Gasteiger partial charge in [-0.05, 0) is 68.2 Å². The summed E-state index contributed by atoms with van der Waals surface area (Å²) in [5.41, 5.74) is 2.90. The van der Waals surface area contributed by atoms with Gasteiger partial charge in [0, 0.05) is 37.8 Å². The molecule has 1 aromatic carbocycles. The highest BCUT2D eigenvalue weighted by molar-refractivity contribution is 7.12. The summed E-state index contributed by atoms with van der Waals surface area (Å²) in [5, 5.41) is 4.88. The van der Waals surface area contributed by atoms with Crippen LogP contribution in [0.15, 0.2) is 35.7 Å². The third-order valence-electron chi connectivity index (χ3n) is 6.84. The van der Waals surface area contributed by atoms with Crippen LogP contribution >= 0.6 is 11.3 Å². The van der Waals surface area contributed by atoms with E-state index in [0.29, 0.717) is 39.1 Å². The molecule has 1 N–H and O–H groups in total. The second-order valence-corrected chi connectivity index (χ2v) is 10.1. The van der Waals surface area contributed by atoms with E-state index in [1.54, 1.807) is 4.90 Å². The molecule has 0 bridgehead atoms. The van der Waals surface area contributed by atoms with Gasteiger partial charge < -0.3 is 19.9 Å². The molecule has 7 nitrogen and oxygen atoms in total. The normalized spacial score (nSPS) is 18.6. The predicted molar refractivity (Wildman–Crippen MR) is 133 cm³/mol. The fraction of sp³-hybridized carbons (Fsp3) is 0.500. The van der Waals surface area contributed by atoms with Crippen molar-refractivity contribution >= 4 is 34.7 Å². The maximum Gasteiger partial charge on any atom is 0.263 e. The van der Waals surface area contributed by atoms with Crippen molar-refractivity contribution < 1.29 is 19.1 Å². The van der Waals surface area contributed by atoms with Gasteiger partial charge in [-0.2, -0.15) is 0 Å². The summed E-state index contributed by atoms with van der Waals surface area (Å²) in [6.07, 6.45) is 3.06. The number of hydrogen-bond donors (Lipinski definition) is 1. The van der Waals surface area contributed by atoms with E-state index in [0.717, 1.165) is 34.5 Å². The number of nitrogens with zero attached hydrogens (tertiary/aromatic N) is 2. The number of carbonyl (C=O) groups is 3. The number of benzene rings is 1. The van der Waals surface area contributed by atoms with E-state index in [-0.39, 0.29) is 36.3 Å². The number of likely N-dealkylation sites (tertiary alicyclic amines) is 1. The molecule has 0 aliphatic carbocycles. The average Bonchev–Trinajstić information content (AvgIpc) is 3.55. The minimum atomic E-state index is -0.203. The molecular formula is C26H33N3O4S. The molecule has 4 rings (SSSR count). The molecule has 1 aromatic heterocycles. The molecular weight excluding hydrogens is 450 g/mol. The van der Waals surface area contributed by atoms with Crippen molar-refractivity contribution in [1.82, 2.24) is 9.80 Å². The van der Waals surface area contributed by atoms with Crippen molar-refractivity contribution in [3.05, 3.63) is 51.7 Å². The minimum Gasteiger partial charge on any atom is -0.376 e. The number of thiophene rings is 1. The highest BCUT2D eigenvalue weighted by Gasteiger charge is 2.33. The average molecular weight is 484 g/mol. The Hall–Kier alpha value is -2.71. The third kappa shape index (κ3) is 5.85. The van der Waals surface area contributed by atoms with Crippen LogP contribution in [0.2, 0.25) is 0 Å². The molecule has 2 aromatic rings. The Morgan fingerprint density at radius 2 is 1.91 bits per heavy atom. The Morgan fingerprint density at radius 1 is 1.12 bits per heavy atom. The minimum absolute atomic E-state index is 0.000412. The third-order valence-corrected chi connectivity index (χ3v) is 7.69. The molecule has 2 aliphatic rings. The van der Waals surface area contributed by atoms with Crippen molar-refractivity contribution in [2.45, 2.75) is 45.6 Å². The van der Waals surface area contributed by atoms with E-state index in [4.69, 9.17) is 4.74 Å². The Balaban J connectivity index is 1.38. The van der Waals surface area contributed by atoms with Gasteiger partial charge in [0.2, 0.25) is 11.8 Å². The van der Waals surface area contributed by atoms with E-state index >= 15 is 0 Å². The number of rotatable bonds is 7. The quantitative estimate of drug-likeness (QED) is 0.649. The van der Waals surface area contributed by atoms with Crippen LogP contribution < -0.4 is 5.32 Å². The van der Waals surface area contributed by atoms with Crippen LogP contribution in [0.25, 0.3) is 0 Å². The van der Waals surface area contributed by atoms with Gasteiger partial charge in [0.15, 0.2) is 0 Å². The lowest BCUT2D eigenvalue weighted by atomic mass is 9.94. The highest BCUT2D eigenvalue weighted by Crippen LogP contribution is 2.24. The fourth-order valence-electron chi connectivity index (χ4n) is 4.66. The van der Waals surface area contributed by atoms with Gasteiger partial charge in [0.05, 0.1) is 17.5 Å². The molecule has 0 spiro atoms. The number of piperidine rings is 1. The number of ether oxygens (including phenoxy) is 1. The van der Waals surface area contributed by atoms with E-state index in [2.05, 4.69) is 5.32 Å². The zero-order valence-corrected chi connectivity index (χ0v) is 20.7. The summed E-state index contributed by atoms with van der Waals surface area (Å²) in [4.78, 5) is 43.3. The Kier molecular flexibility index (Phi) is 8.00. The summed E-state index contributed by atoms with van der Waals surface area (Å²) in [6.45, 7) is 6.21. The van der Waals surface area contributed by atoms with Crippen LogP contribution in [-0.4, -0.2) is 66.4 Å². The Bertz CT molecular complexity index is 1010. The molecule has 8 heteroatoms. The maximum atomic E-state index is 13.5. The molecule has 2 aliphatic heterocycles. The van der Waals surface area contributed by atoms with Gasteiger partial charge in [0.1, 0.15) is 0 Å². The number of amides is 3. The molecule has 1 atom stereocenters. The molecule has 2 saturated heterocycles. The Morgan fingerprint density at radius 3 is 2.59 bits per heavy atom. The van der Waals surface area contributed by atoms with Crippen LogP contribution in [0.3, 0.4) is 0 Å². The smallest absolute Gasteiger partial charge is 0.263 e. The molecule has 3 heterocycles. The summed E-state index contributed by atoms with van der Waals surface area (Å²) >= 11 is 1.44. The van der Waals surface area contributed by atoms with Gasteiger partial charge >= 0.3 is 0 Å². The van der Waals surface area contributed by atoms with E-state index < -0.39 is 0 Å². The van der Waals surface area contributed by atoms with Gasteiger partial charge in [-0.1, -0.05) is 18.2 Å².